The minimum absolute atomic E-state index is 0.103. The van der Waals surface area contributed by atoms with Crippen molar-refractivity contribution in [1.29, 1.82) is 0 Å². The highest BCUT2D eigenvalue weighted by Gasteiger charge is 2.10. The molecule has 3 aromatic rings. The van der Waals surface area contributed by atoms with E-state index in [1.54, 1.807) is 10.9 Å². The molecular weight excluding hydrogens is 406 g/mol. The molecule has 1 amide bonds. The zero-order valence-electron chi connectivity index (χ0n) is 13.6. The summed E-state index contributed by atoms with van der Waals surface area (Å²) in [5, 5.41) is 12.1. The van der Waals surface area contributed by atoms with Crippen molar-refractivity contribution in [2.75, 3.05) is 5.32 Å². The van der Waals surface area contributed by atoms with Crippen molar-refractivity contribution >= 4 is 39.3 Å². The summed E-state index contributed by atoms with van der Waals surface area (Å²) >= 11 is 9.53. The number of carbonyl (C=O) groups is 1. The van der Waals surface area contributed by atoms with Crippen LogP contribution in [0, 0.1) is 6.92 Å². The Hall–Kier alpha value is -2.12. The van der Waals surface area contributed by atoms with Gasteiger partial charge in [-0.25, -0.2) is 0 Å². The van der Waals surface area contributed by atoms with E-state index in [1.807, 2.05) is 48.1 Å². The number of hydrogen-bond donors (Lipinski definition) is 1. The Kier molecular flexibility index (Phi) is 5.55. The maximum atomic E-state index is 12.1. The number of nitrogens with one attached hydrogen (secondary N) is 1. The van der Waals surface area contributed by atoms with Gasteiger partial charge in [-0.1, -0.05) is 29.8 Å². The number of benzene rings is 1. The summed E-state index contributed by atoms with van der Waals surface area (Å²) in [4.78, 5) is 12.1. The third-order valence-corrected chi connectivity index (χ3v) is 4.47. The quantitative estimate of drug-likeness (QED) is 0.655. The van der Waals surface area contributed by atoms with Crippen molar-refractivity contribution in [3.63, 3.8) is 0 Å². The van der Waals surface area contributed by atoms with Crippen molar-refractivity contribution in [2.24, 2.45) is 0 Å². The van der Waals surface area contributed by atoms with Gasteiger partial charge >= 0.3 is 0 Å². The molecule has 0 bridgehead atoms. The highest BCUT2D eigenvalue weighted by molar-refractivity contribution is 9.10. The van der Waals surface area contributed by atoms with Gasteiger partial charge in [0.05, 0.1) is 17.2 Å². The van der Waals surface area contributed by atoms with Crippen LogP contribution in [0.15, 0.2) is 47.2 Å². The first kappa shape index (κ1) is 17.7. The molecule has 8 heteroatoms. The second kappa shape index (κ2) is 7.84. The molecule has 0 unspecified atom stereocenters. The van der Waals surface area contributed by atoms with Crippen molar-refractivity contribution in [3.8, 4) is 0 Å². The van der Waals surface area contributed by atoms with Gasteiger partial charge in [-0.05, 0) is 34.5 Å². The molecule has 0 fully saturated rings. The number of rotatable bonds is 6. The second-order valence-electron chi connectivity index (χ2n) is 5.64. The van der Waals surface area contributed by atoms with E-state index < -0.39 is 0 Å². The van der Waals surface area contributed by atoms with Gasteiger partial charge < -0.3 is 5.32 Å². The molecule has 0 saturated carbocycles. The molecule has 3 rings (SSSR count). The van der Waals surface area contributed by atoms with Crippen LogP contribution in [0.4, 0.5) is 5.82 Å². The van der Waals surface area contributed by atoms with Gasteiger partial charge in [0.1, 0.15) is 0 Å². The van der Waals surface area contributed by atoms with Crippen LogP contribution < -0.4 is 5.32 Å². The predicted octanol–water partition coefficient (Wildman–Crippen LogP) is 3.88. The van der Waals surface area contributed by atoms with Crippen LogP contribution in [0.2, 0.25) is 5.02 Å². The highest BCUT2D eigenvalue weighted by Crippen LogP contribution is 2.18. The average Bonchev–Trinajstić information content (AvgIpc) is 3.13. The van der Waals surface area contributed by atoms with E-state index in [0.29, 0.717) is 30.4 Å². The zero-order valence-corrected chi connectivity index (χ0v) is 16.0. The minimum atomic E-state index is -0.103. The first-order chi connectivity index (χ1) is 12.0. The standard InChI is InChI=1S/C17H17BrClN5O/c1-12-8-16(21-17(25)6-7-23-11-14(18)9-20-23)22-24(12)10-13-4-2-3-5-15(13)19/h2-5,8-9,11H,6-7,10H2,1H3,(H,21,22,25). The van der Waals surface area contributed by atoms with Crippen LogP contribution in [-0.4, -0.2) is 25.5 Å². The molecule has 2 aromatic heterocycles. The third-order valence-electron chi connectivity index (χ3n) is 3.70. The molecule has 0 atom stereocenters. The van der Waals surface area contributed by atoms with Crippen LogP contribution in [0.25, 0.3) is 0 Å². The monoisotopic (exact) mass is 421 g/mol. The minimum Gasteiger partial charge on any atom is -0.309 e. The molecule has 1 aromatic carbocycles. The molecule has 2 heterocycles. The van der Waals surface area contributed by atoms with Crippen LogP contribution >= 0.6 is 27.5 Å². The lowest BCUT2D eigenvalue weighted by atomic mass is 10.2. The third kappa shape index (κ3) is 4.70. The van der Waals surface area contributed by atoms with E-state index in [4.69, 9.17) is 11.6 Å². The summed E-state index contributed by atoms with van der Waals surface area (Å²) in [6.45, 7) is 3.01. The summed E-state index contributed by atoms with van der Waals surface area (Å²) in [7, 11) is 0. The molecule has 0 aliphatic rings. The molecule has 0 aliphatic carbocycles. The molecular formula is C17H17BrClN5O. The van der Waals surface area contributed by atoms with Crippen molar-refractivity contribution in [1.82, 2.24) is 19.6 Å². The number of nitrogens with zero attached hydrogens (tertiary/aromatic N) is 4. The Labute approximate surface area is 158 Å². The Morgan fingerprint density at radius 3 is 2.88 bits per heavy atom. The topological polar surface area (TPSA) is 64.7 Å². The van der Waals surface area contributed by atoms with E-state index in [1.165, 1.54) is 0 Å². The maximum Gasteiger partial charge on any atom is 0.227 e. The Bertz CT molecular complexity index is 889. The van der Waals surface area contributed by atoms with Crippen molar-refractivity contribution < 1.29 is 4.79 Å². The summed E-state index contributed by atoms with van der Waals surface area (Å²) in [6.07, 6.45) is 3.85. The molecule has 25 heavy (non-hydrogen) atoms. The maximum absolute atomic E-state index is 12.1. The van der Waals surface area contributed by atoms with Gasteiger partial charge in [0.2, 0.25) is 5.91 Å². The second-order valence-corrected chi connectivity index (χ2v) is 6.96. The van der Waals surface area contributed by atoms with Crippen LogP contribution in [0.1, 0.15) is 17.7 Å². The smallest absolute Gasteiger partial charge is 0.227 e. The summed E-state index contributed by atoms with van der Waals surface area (Å²) < 4.78 is 4.42. The molecule has 0 spiro atoms. The number of carbonyl (C=O) groups excluding carboxylic acids is 1. The van der Waals surface area contributed by atoms with Gasteiger partial charge in [0.15, 0.2) is 5.82 Å². The van der Waals surface area contributed by atoms with Crippen molar-refractivity contribution in [3.05, 3.63) is 63.5 Å². The first-order valence-corrected chi connectivity index (χ1v) is 8.94. The predicted molar refractivity (Wildman–Crippen MR) is 101 cm³/mol. The largest absolute Gasteiger partial charge is 0.309 e. The molecule has 0 radical (unpaired) electrons. The Morgan fingerprint density at radius 2 is 2.16 bits per heavy atom. The van der Waals surface area contributed by atoms with Crippen LogP contribution in [-0.2, 0) is 17.9 Å². The summed E-state index contributed by atoms with van der Waals surface area (Å²) in [5.74, 6) is 0.435. The van der Waals surface area contributed by atoms with Gasteiger partial charge in [0.25, 0.3) is 0 Å². The SMILES string of the molecule is Cc1cc(NC(=O)CCn2cc(Br)cn2)nn1Cc1ccccc1Cl. The lowest BCUT2D eigenvalue weighted by Crippen LogP contribution is -2.15. The lowest BCUT2D eigenvalue weighted by molar-refractivity contribution is -0.116. The van der Waals surface area contributed by atoms with Crippen LogP contribution in [0.3, 0.4) is 0 Å². The Balaban J connectivity index is 1.60. The molecule has 130 valence electrons. The normalized spacial score (nSPS) is 10.8. The van der Waals surface area contributed by atoms with Crippen molar-refractivity contribution in [2.45, 2.75) is 26.4 Å². The van der Waals surface area contributed by atoms with Crippen LogP contribution in [0.5, 0.6) is 0 Å². The fourth-order valence-corrected chi connectivity index (χ4v) is 2.92. The Morgan fingerprint density at radius 1 is 1.36 bits per heavy atom. The van der Waals surface area contributed by atoms with E-state index in [-0.39, 0.29) is 5.91 Å². The number of amides is 1. The van der Waals surface area contributed by atoms with Gasteiger partial charge in [-0.3, -0.25) is 14.2 Å². The molecule has 0 aliphatic heterocycles. The zero-order chi connectivity index (χ0) is 17.8. The number of aromatic nitrogens is 4. The van der Waals surface area contributed by atoms with E-state index in [0.717, 1.165) is 15.7 Å². The number of anilines is 1. The van der Waals surface area contributed by atoms with E-state index in [9.17, 15) is 4.79 Å². The van der Waals surface area contributed by atoms with E-state index in [2.05, 4.69) is 31.4 Å². The highest BCUT2D eigenvalue weighted by atomic mass is 79.9. The molecule has 6 nitrogen and oxygen atoms in total. The van der Waals surface area contributed by atoms with Gasteiger partial charge in [-0.2, -0.15) is 10.2 Å². The lowest BCUT2D eigenvalue weighted by Gasteiger charge is -2.06. The van der Waals surface area contributed by atoms with Gasteiger partial charge in [-0.15, -0.1) is 0 Å². The number of hydrogen-bond acceptors (Lipinski definition) is 3. The van der Waals surface area contributed by atoms with E-state index >= 15 is 0 Å². The summed E-state index contributed by atoms with van der Waals surface area (Å²) in [6, 6.07) is 9.50. The summed E-state index contributed by atoms with van der Waals surface area (Å²) in [5.41, 5.74) is 1.93. The molecule has 0 saturated heterocycles. The molecule has 1 N–H and O–H groups in total. The number of halogens is 2. The fraction of sp³-hybridized carbons (Fsp3) is 0.235. The fourth-order valence-electron chi connectivity index (χ4n) is 2.40. The average molecular weight is 423 g/mol. The van der Waals surface area contributed by atoms with Gasteiger partial charge in [0, 0.05) is 35.9 Å². The first-order valence-electron chi connectivity index (χ1n) is 7.77. The number of aryl methyl sites for hydroxylation is 2.